The Morgan fingerprint density at radius 1 is 1.60 bits per heavy atom. The van der Waals surface area contributed by atoms with Crippen molar-refractivity contribution in [3.8, 4) is 11.8 Å². The molecule has 1 unspecified atom stereocenters. The summed E-state index contributed by atoms with van der Waals surface area (Å²) in [4.78, 5) is 0. The van der Waals surface area contributed by atoms with Gasteiger partial charge in [-0.15, -0.1) is 0 Å². The summed E-state index contributed by atoms with van der Waals surface area (Å²) in [5.74, 6) is -0.285. The second-order valence-electron chi connectivity index (χ2n) is 3.19. The van der Waals surface area contributed by atoms with Crippen molar-refractivity contribution < 1.29 is 14.2 Å². The van der Waals surface area contributed by atoms with E-state index in [1.54, 1.807) is 6.07 Å². The molecule has 0 heterocycles. The van der Waals surface area contributed by atoms with Crippen LogP contribution < -0.4 is 4.74 Å². The van der Waals surface area contributed by atoms with Gasteiger partial charge in [-0.25, -0.2) is 4.39 Å². The molecule has 0 aliphatic carbocycles. The number of hydrogen-bond donors (Lipinski definition) is 1. The number of hydrogen-bond acceptors (Lipinski definition) is 3. The van der Waals surface area contributed by atoms with Gasteiger partial charge in [-0.1, -0.05) is 6.07 Å². The van der Waals surface area contributed by atoms with Crippen LogP contribution in [0, 0.1) is 17.1 Å². The molecule has 0 aliphatic rings. The Bertz CT molecular complexity index is 373. The highest BCUT2D eigenvalue weighted by molar-refractivity contribution is 5.29. The standard InChI is InChI=1S/C11H12FNO2/c1-15-11-3-2-8(7-10(11)12)6-9(14)4-5-13/h2-3,7,9,14H,4,6H2,1H3. The number of nitriles is 1. The molecule has 80 valence electrons. The predicted octanol–water partition coefficient (Wildman–Crippen LogP) is 1.65. The number of halogens is 1. The fraction of sp³-hybridized carbons (Fsp3) is 0.364. The molecular formula is C11H12FNO2. The third kappa shape index (κ3) is 3.22. The van der Waals surface area contributed by atoms with Crippen LogP contribution in [0.4, 0.5) is 4.39 Å². The summed E-state index contributed by atoms with van der Waals surface area (Å²) in [7, 11) is 1.39. The van der Waals surface area contributed by atoms with Crippen molar-refractivity contribution in [3.63, 3.8) is 0 Å². The first kappa shape index (κ1) is 11.5. The van der Waals surface area contributed by atoms with Gasteiger partial charge in [-0.3, -0.25) is 0 Å². The van der Waals surface area contributed by atoms with Gasteiger partial charge in [0.05, 0.1) is 25.7 Å². The first-order chi connectivity index (χ1) is 7.17. The largest absolute Gasteiger partial charge is 0.494 e. The van der Waals surface area contributed by atoms with Crippen molar-refractivity contribution in [1.82, 2.24) is 0 Å². The molecule has 0 bridgehead atoms. The lowest BCUT2D eigenvalue weighted by Crippen LogP contribution is -2.09. The number of aliphatic hydroxyl groups excluding tert-OH is 1. The van der Waals surface area contributed by atoms with Gasteiger partial charge in [0.15, 0.2) is 11.6 Å². The van der Waals surface area contributed by atoms with Crippen LogP contribution in [-0.2, 0) is 6.42 Å². The second kappa shape index (κ2) is 5.32. The highest BCUT2D eigenvalue weighted by Gasteiger charge is 2.08. The summed E-state index contributed by atoms with van der Waals surface area (Å²) >= 11 is 0. The average Bonchev–Trinajstić information content (AvgIpc) is 2.18. The zero-order valence-corrected chi connectivity index (χ0v) is 8.40. The molecule has 3 nitrogen and oxygen atoms in total. The molecule has 0 aliphatic heterocycles. The van der Waals surface area contributed by atoms with E-state index in [0.29, 0.717) is 5.56 Å². The molecule has 1 atom stereocenters. The van der Waals surface area contributed by atoms with Gasteiger partial charge < -0.3 is 9.84 Å². The Kier molecular flexibility index (Phi) is 4.07. The van der Waals surface area contributed by atoms with Gasteiger partial charge in [0, 0.05) is 0 Å². The van der Waals surface area contributed by atoms with Crippen LogP contribution in [-0.4, -0.2) is 18.3 Å². The number of methoxy groups -OCH3 is 1. The maximum Gasteiger partial charge on any atom is 0.165 e. The van der Waals surface area contributed by atoms with Crippen LogP contribution in [0.5, 0.6) is 5.75 Å². The number of benzene rings is 1. The highest BCUT2D eigenvalue weighted by Crippen LogP contribution is 2.18. The number of aliphatic hydroxyl groups is 1. The van der Waals surface area contributed by atoms with Crippen LogP contribution >= 0.6 is 0 Å². The predicted molar refractivity (Wildman–Crippen MR) is 52.9 cm³/mol. The summed E-state index contributed by atoms with van der Waals surface area (Å²) in [6.45, 7) is 0. The van der Waals surface area contributed by atoms with Crippen molar-refractivity contribution in [1.29, 1.82) is 5.26 Å². The topological polar surface area (TPSA) is 53.2 Å². The molecule has 0 saturated carbocycles. The number of ether oxygens (including phenoxy) is 1. The minimum absolute atomic E-state index is 0.0493. The molecule has 0 aromatic heterocycles. The van der Waals surface area contributed by atoms with Gasteiger partial charge in [0.25, 0.3) is 0 Å². The highest BCUT2D eigenvalue weighted by atomic mass is 19.1. The first-order valence-corrected chi connectivity index (χ1v) is 4.54. The van der Waals surface area contributed by atoms with Gasteiger partial charge in [-0.2, -0.15) is 5.26 Å². The van der Waals surface area contributed by atoms with Crippen LogP contribution in [0.15, 0.2) is 18.2 Å². The van der Waals surface area contributed by atoms with E-state index in [4.69, 9.17) is 10.00 Å². The van der Waals surface area contributed by atoms with Crippen molar-refractivity contribution in [2.75, 3.05) is 7.11 Å². The lowest BCUT2D eigenvalue weighted by molar-refractivity contribution is 0.180. The fourth-order valence-corrected chi connectivity index (χ4v) is 1.29. The van der Waals surface area contributed by atoms with Crippen molar-refractivity contribution >= 4 is 0 Å². The molecule has 0 spiro atoms. The minimum atomic E-state index is -0.747. The lowest BCUT2D eigenvalue weighted by Gasteiger charge is -2.08. The van der Waals surface area contributed by atoms with E-state index in [1.807, 2.05) is 6.07 Å². The molecule has 0 fully saturated rings. The van der Waals surface area contributed by atoms with E-state index < -0.39 is 11.9 Å². The summed E-state index contributed by atoms with van der Waals surface area (Å²) in [6, 6.07) is 6.33. The van der Waals surface area contributed by atoms with Crippen LogP contribution in [0.2, 0.25) is 0 Å². The molecule has 1 aromatic rings. The number of nitrogens with zero attached hydrogens (tertiary/aromatic N) is 1. The Morgan fingerprint density at radius 3 is 2.87 bits per heavy atom. The molecule has 4 heteroatoms. The molecule has 0 radical (unpaired) electrons. The van der Waals surface area contributed by atoms with E-state index in [2.05, 4.69) is 0 Å². The molecule has 1 N–H and O–H groups in total. The fourth-order valence-electron chi connectivity index (χ4n) is 1.29. The summed E-state index contributed by atoms with van der Waals surface area (Å²) in [6.07, 6.45) is -0.426. The Labute approximate surface area is 87.7 Å². The first-order valence-electron chi connectivity index (χ1n) is 4.54. The zero-order chi connectivity index (χ0) is 11.3. The van der Waals surface area contributed by atoms with Crippen molar-refractivity contribution in [3.05, 3.63) is 29.6 Å². The van der Waals surface area contributed by atoms with Crippen molar-refractivity contribution in [2.24, 2.45) is 0 Å². The molecular weight excluding hydrogens is 197 g/mol. The monoisotopic (exact) mass is 209 g/mol. The third-order valence-corrected chi connectivity index (χ3v) is 2.01. The van der Waals surface area contributed by atoms with Crippen molar-refractivity contribution in [2.45, 2.75) is 18.9 Å². The molecule has 15 heavy (non-hydrogen) atoms. The Hall–Kier alpha value is -1.60. The second-order valence-corrected chi connectivity index (χ2v) is 3.19. The van der Waals surface area contributed by atoms with E-state index in [1.165, 1.54) is 19.2 Å². The normalized spacial score (nSPS) is 11.9. The van der Waals surface area contributed by atoms with Gasteiger partial charge in [0.1, 0.15) is 0 Å². The molecule has 0 saturated heterocycles. The smallest absolute Gasteiger partial charge is 0.165 e. The Morgan fingerprint density at radius 2 is 2.33 bits per heavy atom. The van der Waals surface area contributed by atoms with Crippen LogP contribution in [0.25, 0.3) is 0 Å². The van der Waals surface area contributed by atoms with E-state index in [-0.39, 0.29) is 18.6 Å². The van der Waals surface area contributed by atoms with Gasteiger partial charge >= 0.3 is 0 Å². The number of rotatable bonds is 4. The maximum atomic E-state index is 13.2. The Balaban J connectivity index is 2.72. The third-order valence-electron chi connectivity index (χ3n) is 2.01. The quantitative estimate of drug-likeness (QED) is 0.820. The molecule has 1 aromatic carbocycles. The van der Waals surface area contributed by atoms with E-state index >= 15 is 0 Å². The minimum Gasteiger partial charge on any atom is -0.494 e. The molecule has 0 amide bonds. The molecule has 1 rings (SSSR count). The van der Waals surface area contributed by atoms with Gasteiger partial charge in [0.2, 0.25) is 0 Å². The van der Waals surface area contributed by atoms with Gasteiger partial charge in [-0.05, 0) is 24.1 Å². The summed E-state index contributed by atoms with van der Waals surface area (Å²) in [5, 5.41) is 17.7. The van der Waals surface area contributed by atoms with Crippen LogP contribution in [0.3, 0.4) is 0 Å². The average molecular weight is 209 g/mol. The summed E-state index contributed by atoms with van der Waals surface area (Å²) < 4.78 is 18.0. The lowest BCUT2D eigenvalue weighted by atomic mass is 10.1. The zero-order valence-electron chi connectivity index (χ0n) is 8.40. The van der Waals surface area contributed by atoms with E-state index in [9.17, 15) is 9.50 Å². The summed E-state index contributed by atoms with van der Waals surface area (Å²) in [5.41, 5.74) is 0.649. The van der Waals surface area contributed by atoms with E-state index in [0.717, 1.165) is 0 Å². The SMILES string of the molecule is COc1ccc(CC(O)CC#N)cc1F. The maximum absolute atomic E-state index is 13.2. The van der Waals surface area contributed by atoms with Crippen LogP contribution in [0.1, 0.15) is 12.0 Å².